The first kappa shape index (κ1) is 32.8. The maximum absolute atomic E-state index is 6.89. The molecule has 270 valence electrons. The van der Waals surface area contributed by atoms with Crippen LogP contribution in [-0.2, 0) is 0 Å². The van der Waals surface area contributed by atoms with Crippen molar-refractivity contribution in [2.24, 2.45) is 0 Å². The van der Waals surface area contributed by atoms with Gasteiger partial charge in [-0.1, -0.05) is 140 Å². The lowest BCUT2D eigenvalue weighted by Gasteiger charge is -2.26. The molecule has 0 bridgehead atoms. The Kier molecular flexibility index (Phi) is 7.85. The summed E-state index contributed by atoms with van der Waals surface area (Å²) in [5, 5.41) is 8.09. The number of hydrogen-bond donors (Lipinski definition) is 1. The minimum atomic E-state index is -0.206. The molecule has 1 aromatic heterocycles. The van der Waals surface area contributed by atoms with Gasteiger partial charge < -0.3 is 19.4 Å². The molecule has 2 heterocycles. The molecule has 0 amide bonds. The molecule has 4 heteroatoms. The number of para-hydroxylation sites is 1. The first-order valence-electron chi connectivity index (χ1n) is 19.4. The van der Waals surface area contributed by atoms with Crippen molar-refractivity contribution in [3.63, 3.8) is 0 Å². The van der Waals surface area contributed by atoms with Gasteiger partial charge in [0.05, 0.1) is 5.69 Å². The molecule has 0 aliphatic carbocycles. The molecule has 0 spiro atoms. The van der Waals surface area contributed by atoms with Crippen molar-refractivity contribution in [1.82, 2.24) is 0 Å². The van der Waals surface area contributed by atoms with Gasteiger partial charge in [0, 0.05) is 39.0 Å². The Morgan fingerprint density at radius 2 is 1.02 bits per heavy atom. The highest BCUT2D eigenvalue weighted by Gasteiger charge is 2.24. The first-order chi connectivity index (χ1) is 28.2. The third-order valence-electron chi connectivity index (χ3n) is 11.1. The molecule has 11 rings (SSSR count). The molecular weight excluding hydrogens is 697 g/mol. The summed E-state index contributed by atoms with van der Waals surface area (Å²) in [6, 6.07) is 72.8. The van der Waals surface area contributed by atoms with Gasteiger partial charge in [-0.05, 0) is 105 Å². The molecule has 0 saturated heterocycles. The van der Waals surface area contributed by atoms with Gasteiger partial charge in [-0.15, -0.1) is 0 Å². The van der Waals surface area contributed by atoms with E-state index in [0.717, 1.165) is 78.3 Å². The highest BCUT2D eigenvalue weighted by molar-refractivity contribution is 6.22. The highest BCUT2D eigenvalue weighted by atomic mass is 16.5. The number of anilines is 4. The maximum atomic E-state index is 6.89. The molecular formula is C53H36N2O2. The van der Waals surface area contributed by atoms with E-state index in [4.69, 9.17) is 9.15 Å². The largest absolute Gasteiger partial charge is 0.464 e. The van der Waals surface area contributed by atoms with Crippen LogP contribution in [0.2, 0.25) is 0 Å². The van der Waals surface area contributed by atoms with Crippen LogP contribution >= 0.6 is 0 Å². The second-order valence-electron chi connectivity index (χ2n) is 14.6. The summed E-state index contributed by atoms with van der Waals surface area (Å²) >= 11 is 0. The minimum absolute atomic E-state index is 0.206. The number of hydrogen-bond acceptors (Lipinski definition) is 4. The van der Waals surface area contributed by atoms with E-state index < -0.39 is 0 Å². The SMILES string of the molecule is c1ccc(-c2ccc(N(c3ccccc3)c3ccc(-c4cc5ccccc5c5c4oc4cc(-c6ccc7c(c6)OC(c6ccccc6)N7)ccc45)cc3)cc2)cc1. The highest BCUT2D eigenvalue weighted by Crippen LogP contribution is 2.45. The summed E-state index contributed by atoms with van der Waals surface area (Å²) in [6.07, 6.45) is -0.206. The Bertz CT molecular complexity index is 3050. The van der Waals surface area contributed by atoms with Gasteiger partial charge in [0.1, 0.15) is 16.9 Å². The van der Waals surface area contributed by atoms with Crippen molar-refractivity contribution in [3.8, 4) is 39.1 Å². The summed E-state index contributed by atoms with van der Waals surface area (Å²) in [7, 11) is 0. The molecule has 4 nitrogen and oxygen atoms in total. The van der Waals surface area contributed by atoms with Crippen LogP contribution in [0.4, 0.5) is 22.7 Å². The average Bonchev–Trinajstić information content (AvgIpc) is 3.90. The van der Waals surface area contributed by atoms with Crippen molar-refractivity contribution in [3.05, 3.63) is 212 Å². The smallest absolute Gasteiger partial charge is 0.196 e. The van der Waals surface area contributed by atoms with E-state index in [1.165, 1.54) is 21.9 Å². The standard InChI is InChI=1S/C53H36N2O2/c1-4-12-35(13-5-1)36-20-26-43(27-21-36)55(42-17-8-3-9-18-42)44-28-22-37(23-29-44)47-32-41-16-10-11-19-45(41)51-46-30-24-39(33-49(46)56-52(47)51)40-25-31-48-50(34-40)57-53(54-48)38-14-6-2-7-15-38/h1-34,53-54H. The number of nitrogens with one attached hydrogen (secondary N) is 1. The molecule has 1 N–H and O–H groups in total. The molecule has 1 aliphatic heterocycles. The first-order valence-corrected chi connectivity index (χ1v) is 19.4. The molecule has 9 aromatic carbocycles. The Hall–Kier alpha value is -7.56. The number of rotatable bonds is 7. The minimum Gasteiger partial charge on any atom is -0.464 e. The van der Waals surface area contributed by atoms with Crippen molar-refractivity contribution in [2.45, 2.75) is 6.23 Å². The fourth-order valence-corrected chi connectivity index (χ4v) is 8.26. The summed E-state index contributed by atoms with van der Waals surface area (Å²) in [4.78, 5) is 2.30. The van der Waals surface area contributed by atoms with Crippen LogP contribution in [0, 0.1) is 0 Å². The summed E-state index contributed by atoms with van der Waals surface area (Å²) in [5.74, 6) is 0.845. The fourth-order valence-electron chi connectivity index (χ4n) is 8.26. The van der Waals surface area contributed by atoms with Crippen molar-refractivity contribution < 1.29 is 9.15 Å². The lowest BCUT2D eigenvalue weighted by Crippen LogP contribution is -2.09. The van der Waals surface area contributed by atoms with Gasteiger partial charge in [-0.2, -0.15) is 0 Å². The van der Waals surface area contributed by atoms with Gasteiger partial charge >= 0.3 is 0 Å². The van der Waals surface area contributed by atoms with E-state index in [2.05, 4.69) is 198 Å². The van der Waals surface area contributed by atoms with E-state index in [0.29, 0.717) is 0 Å². The molecule has 0 saturated carbocycles. The van der Waals surface area contributed by atoms with Crippen LogP contribution in [0.25, 0.3) is 66.1 Å². The van der Waals surface area contributed by atoms with E-state index in [-0.39, 0.29) is 6.23 Å². The summed E-state index contributed by atoms with van der Waals surface area (Å²) in [6.45, 7) is 0. The third kappa shape index (κ3) is 5.87. The topological polar surface area (TPSA) is 37.6 Å². The second-order valence-corrected chi connectivity index (χ2v) is 14.6. The Labute approximate surface area is 330 Å². The van der Waals surface area contributed by atoms with E-state index in [9.17, 15) is 0 Å². The molecule has 10 aromatic rings. The zero-order valence-electron chi connectivity index (χ0n) is 31.0. The van der Waals surface area contributed by atoms with Crippen LogP contribution in [0.1, 0.15) is 11.8 Å². The van der Waals surface area contributed by atoms with Crippen molar-refractivity contribution >= 4 is 55.5 Å². The quantitative estimate of drug-likeness (QED) is 0.177. The predicted octanol–water partition coefficient (Wildman–Crippen LogP) is 14.7. The predicted molar refractivity (Wildman–Crippen MR) is 236 cm³/mol. The zero-order valence-corrected chi connectivity index (χ0v) is 31.0. The van der Waals surface area contributed by atoms with E-state index >= 15 is 0 Å². The summed E-state index contributed by atoms with van der Waals surface area (Å²) in [5.41, 5.74) is 13.8. The van der Waals surface area contributed by atoms with Gasteiger partial charge in [0.2, 0.25) is 0 Å². The average molecular weight is 733 g/mol. The Morgan fingerprint density at radius 1 is 0.439 bits per heavy atom. The molecule has 1 unspecified atom stereocenters. The number of fused-ring (bicyclic) bond motifs is 6. The van der Waals surface area contributed by atoms with Crippen LogP contribution in [0.5, 0.6) is 5.75 Å². The van der Waals surface area contributed by atoms with Crippen LogP contribution in [0.15, 0.2) is 211 Å². The number of benzene rings is 9. The Balaban J connectivity index is 0.971. The monoisotopic (exact) mass is 732 g/mol. The van der Waals surface area contributed by atoms with Gasteiger partial charge in [0.25, 0.3) is 0 Å². The lowest BCUT2D eigenvalue weighted by atomic mass is 9.95. The number of ether oxygens (including phenoxy) is 1. The van der Waals surface area contributed by atoms with Gasteiger partial charge in [-0.25, -0.2) is 0 Å². The second kappa shape index (κ2) is 13.6. The third-order valence-corrected chi connectivity index (χ3v) is 11.1. The molecule has 1 atom stereocenters. The normalized spacial score (nSPS) is 13.4. The van der Waals surface area contributed by atoms with E-state index in [1.54, 1.807) is 0 Å². The zero-order chi connectivity index (χ0) is 37.7. The molecule has 0 fully saturated rings. The van der Waals surface area contributed by atoms with Crippen LogP contribution in [0.3, 0.4) is 0 Å². The van der Waals surface area contributed by atoms with Crippen LogP contribution < -0.4 is 15.0 Å². The molecule has 0 radical (unpaired) electrons. The Morgan fingerprint density at radius 3 is 1.77 bits per heavy atom. The van der Waals surface area contributed by atoms with Gasteiger partial charge in [-0.3, -0.25) is 0 Å². The number of furan rings is 1. The van der Waals surface area contributed by atoms with Crippen molar-refractivity contribution in [2.75, 3.05) is 10.2 Å². The lowest BCUT2D eigenvalue weighted by molar-refractivity contribution is 0.260. The number of nitrogens with zero attached hydrogens (tertiary/aromatic N) is 1. The van der Waals surface area contributed by atoms with Crippen molar-refractivity contribution in [1.29, 1.82) is 0 Å². The van der Waals surface area contributed by atoms with Crippen LogP contribution in [-0.4, -0.2) is 0 Å². The maximum Gasteiger partial charge on any atom is 0.196 e. The summed E-state index contributed by atoms with van der Waals surface area (Å²) < 4.78 is 13.2. The molecule has 57 heavy (non-hydrogen) atoms. The fraction of sp³-hybridized carbons (Fsp3) is 0.0189. The molecule has 1 aliphatic rings. The van der Waals surface area contributed by atoms with Gasteiger partial charge in [0.15, 0.2) is 6.23 Å². The van der Waals surface area contributed by atoms with E-state index in [1.807, 2.05) is 18.2 Å².